The molecule has 0 aliphatic rings. The highest BCUT2D eigenvalue weighted by molar-refractivity contribution is 6.47. The second-order valence-electron chi connectivity index (χ2n) is 10.6. The van der Waals surface area contributed by atoms with Gasteiger partial charge in [0, 0.05) is 0 Å². The Labute approximate surface area is 234 Å². The van der Waals surface area contributed by atoms with Crippen molar-refractivity contribution < 1.29 is 0 Å². The van der Waals surface area contributed by atoms with Crippen LogP contribution in [-0.4, -0.2) is 11.4 Å². The highest BCUT2D eigenvalue weighted by atomic mass is 14.8. The van der Waals surface area contributed by atoms with E-state index in [1.807, 2.05) is 12.1 Å². The molecule has 0 bridgehead atoms. The van der Waals surface area contributed by atoms with Crippen molar-refractivity contribution in [1.29, 1.82) is 0 Å². The van der Waals surface area contributed by atoms with E-state index in [0.717, 1.165) is 48.5 Å². The van der Waals surface area contributed by atoms with Gasteiger partial charge in [0.2, 0.25) is 0 Å². The summed E-state index contributed by atoms with van der Waals surface area (Å²) in [6.45, 7) is 4.53. The molecule has 0 unspecified atom stereocenters. The zero-order valence-electron chi connectivity index (χ0n) is 24.6. The summed E-state index contributed by atoms with van der Waals surface area (Å²) < 4.78 is 0. The molecule has 0 radical (unpaired) electrons. The van der Waals surface area contributed by atoms with Crippen LogP contribution in [0.1, 0.15) is 129 Å². The van der Waals surface area contributed by atoms with E-state index in [4.69, 9.17) is 9.98 Å². The second kappa shape index (κ2) is 22.5. The number of hydrogen-bond donors (Lipinski definition) is 0. The Bertz CT molecular complexity index is 895. The SMILES string of the molecule is CCCCCCCCCCCCCCCC/C=C/C(=Nc1ccccc1)C(CCCC)=Nc1ccccc1. The molecule has 0 saturated carbocycles. The number of para-hydroxylation sites is 2. The van der Waals surface area contributed by atoms with Crippen molar-refractivity contribution in [2.45, 2.75) is 129 Å². The van der Waals surface area contributed by atoms with Gasteiger partial charge in [-0.1, -0.05) is 146 Å². The molecule has 0 fully saturated rings. The standard InChI is InChI=1S/C36H54N2/c1-3-5-7-8-9-10-11-12-13-14-15-16-17-18-19-26-32-36(38-34-29-24-21-25-30-34)35(31-6-4-2)37-33-27-22-20-23-28-33/h20-30,32H,3-19,31H2,1-2H3/b32-26+,37-35?,38-36?. The minimum atomic E-state index is 0.945. The molecule has 38 heavy (non-hydrogen) atoms. The summed E-state index contributed by atoms with van der Waals surface area (Å²) in [4.78, 5) is 10.0. The fourth-order valence-electron chi connectivity index (χ4n) is 4.74. The van der Waals surface area contributed by atoms with Crippen LogP contribution in [0.25, 0.3) is 0 Å². The van der Waals surface area contributed by atoms with Crippen LogP contribution in [-0.2, 0) is 0 Å². The molecule has 0 aliphatic carbocycles. The van der Waals surface area contributed by atoms with Crippen LogP contribution in [0.15, 0.2) is 82.8 Å². The van der Waals surface area contributed by atoms with Crippen LogP contribution in [0, 0.1) is 0 Å². The lowest BCUT2D eigenvalue weighted by Gasteiger charge is -2.08. The molecule has 2 nitrogen and oxygen atoms in total. The quantitative estimate of drug-likeness (QED) is 0.110. The zero-order valence-corrected chi connectivity index (χ0v) is 24.6. The highest BCUT2D eigenvalue weighted by Gasteiger charge is 2.08. The lowest BCUT2D eigenvalue weighted by molar-refractivity contribution is 0.536. The summed E-state index contributed by atoms with van der Waals surface area (Å²) in [5, 5.41) is 0. The van der Waals surface area contributed by atoms with Crippen LogP contribution in [0.4, 0.5) is 11.4 Å². The monoisotopic (exact) mass is 514 g/mol. The number of hydrogen-bond acceptors (Lipinski definition) is 2. The van der Waals surface area contributed by atoms with E-state index < -0.39 is 0 Å². The largest absolute Gasteiger partial charge is 0.251 e. The second-order valence-corrected chi connectivity index (χ2v) is 10.6. The van der Waals surface area contributed by atoms with Crippen molar-refractivity contribution in [1.82, 2.24) is 0 Å². The predicted octanol–water partition coefficient (Wildman–Crippen LogP) is 12.1. The van der Waals surface area contributed by atoms with Gasteiger partial charge in [-0.15, -0.1) is 0 Å². The first-order valence-corrected chi connectivity index (χ1v) is 15.8. The minimum Gasteiger partial charge on any atom is -0.251 e. The number of nitrogens with zero attached hydrogens (tertiary/aromatic N) is 2. The third kappa shape index (κ3) is 15.7. The van der Waals surface area contributed by atoms with Crippen LogP contribution < -0.4 is 0 Å². The van der Waals surface area contributed by atoms with E-state index in [9.17, 15) is 0 Å². The Morgan fingerprint density at radius 1 is 0.526 bits per heavy atom. The first kappa shape index (κ1) is 31.7. The molecule has 0 atom stereocenters. The molecule has 2 aromatic rings. The van der Waals surface area contributed by atoms with Crippen LogP contribution >= 0.6 is 0 Å². The molecule has 0 aliphatic heterocycles. The Morgan fingerprint density at radius 2 is 0.974 bits per heavy atom. The van der Waals surface area contributed by atoms with Crippen molar-refractivity contribution in [2.75, 3.05) is 0 Å². The smallest absolute Gasteiger partial charge is 0.0848 e. The maximum absolute atomic E-state index is 5.02. The highest BCUT2D eigenvalue weighted by Crippen LogP contribution is 2.18. The average Bonchev–Trinajstić information content (AvgIpc) is 2.95. The fraction of sp³-hybridized carbons (Fsp3) is 0.556. The summed E-state index contributed by atoms with van der Waals surface area (Å²) in [5.41, 5.74) is 4.07. The minimum absolute atomic E-state index is 0.945. The summed E-state index contributed by atoms with van der Waals surface area (Å²) in [6.07, 6.45) is 28.5. The van der Waals surface area contributed by atoms with Crippen molar-refractivity contribution in [3.63, 3.8) is 0 Å². The van der Waals surface area contributed by atoms with Gasteiger partial charge in [-0.05, 0) is 56.0 Å². The lowest BCUT2D eigenvalue weighted by atomic mass is 10.0. The van der Waals surface area contributed by atoms with Gasteiger partial charge in [0.1, 0.15) is 0 Å². The van der Waals surface area contributed by atoms with Gasteiger partial charge in [-0.2, -0.15) is 0 Å². The Kier molecular flexibility index (Phi) is 18.8. The van der Waals surface area contributed by atoms with Gasteiger partial charge in [0.25, 0.3) is 0 Å². The van der Waals surface area contributed by atoms with Gasteiger partial charge >= 0.3 is 0 Å². The normalized spacial score (nSPS) is 12.5. The Morgan fingerprint density at radius 3 is 1.47 bits per heavy atom. The predicted molar refractivity (Wildman–Crippen MR) is 171 cm³/mol. The first-order chi connectivity index (χ1) is 18.8. The number of benzene rings is 2. The molecule has 0 N–H and O–H groups in total. The van der Waals surface area contributed by atoms with Gasteiger partial charge in [0.15, 0.2) is 0 Å². The summed E-state index contributed by atoms with van der Waals surface area (Å²) in [7, 11) is 0. The molecule has 0 saturated heterocycles. The molecular formula is C36H54N2. The summed E-state index contributed by atoms with van der Waals surface area (Å²) in [5.74, 6) is 0. The molecule has 0 amide bonds. The van der Waals surface area contributed by atoms with Gasteiger partial charge in [-0.25, -0.2) is 4.99 Å². The van der Waals surface area contributed by atoms with Crippen LogP contribution in [0.2, 0.25) is 0 Å². The Balaban J connectivity index is 1.77. The molecule has 2 heteroatoms. The molecule has 208 valence electrons. The summed E-state index contributed by atoms with van der Waals surface area (Å²) in [6, 6.07) is 20.6. The number of allylic oxidation sites excluding steroid dienone is 2. The van der Waals surface area contributed by atoms with Gasteiger partial charge < -0.3 is 0 Å². The van der Waals surface area contributed by atoms with E-state index >= 15 is 0 Å². The van der Waals surface area contributed by atoms with Crippen molar-refractivity contribution in [2.24, 2.45) is 9.98 Å². The first-order valence-electron chi connectivity index (χ1n) is 15.8. The number of aliphatic imine (C=N–C) groups is 2. The summed E-state index contributed by atoms with van der Waals surface area (Å²) >= 11 is 0. The van der Waals surface area contributed by atoms with Gasteiger partial charge in [0.05, 0.1) is 22.8 Å². The lowest BCUT2D eigenvalue weighted by Crippen LogP contribution is -2.11. The Hall–Kier alpha value is -2.48. The maximum atomic E-state index is 5.02. The van der Waals surface area contributed by atoms with Crippen LogP contribution in [0.3, 0.4) is 0 Å². The molecule has 2 rings (SSSR count). The van der Waals surface area contributed by atoms with E-state index in [1.165, 1.54) is 89.9 Å². The number of rotatable bonds is 22. The fourth-order valence-corrected chi connectivity index (χ4v) is 4.74. The topological polar surface area (TPSA) is 24.7 Å². The van der Waals surface area contributed by atoms with E-state index in [-0.39, 0.29) is 0 Å². The third-order valence-electron chi connectivity index (χ3n) is 7.09. The molecule has 0 heterocycles. The molecular weight excluding hydrogens is 460 g/mol. The van der Waals surface area contributed by atoms with Crippen LogP contribution in [0.5, 0.6) is 0 Å². The third-order valence-corrected chi connectivity index (χ3v) is 7.09. The molecule has 0 aromatic heterocycles. The van der Waals surface area contributed by atoms with E-state index in [1.54, 1.807) is 0 Å². The molecule has 0 spiro atoms. The van der Waals surface area contributed by atoms with Crippen molar-refractivity contribution >= 4 is 22.8 Å². The van der Waals surface area contributed by atoms with E-state index in [2.05, 4.69) is 74.5 Å². The molecule has 2 aromatic carbocycles. The van der Waals surface area contributed by atoms with E-state index in [0.29, 0.717) is 0 Å². The zero-order chi connectivity index (χ0) is 26.9. The number of unbranched alkanes of at least 4 members (excludes halogenated alkanes) is 15. The average molecular weight is 515 g/mol. The van der Waals surface area contributed by atoms with Crippen molar-refractivity contribution in [3.05, 3.63) is 72.8 Å². The van der Waals surface area contributed by atoms with Gasteiger partial charge in [-0.3, -0.25) is 4.99 Å². The maximum Gasteiger partial charge on any atom is 0.0848 e. The van der Waals surface area contributed by atoms with Crippen molar-refractivity contribution in [3.8, 4) is 0 Å².